The van der Waals surface area contributed by atoms with Gasteiger partial charge in [0.25, 0.3) is 0 Å². The fraction of sp³-hybridized carbons (Fsp3) is 0.565. The van der Waals surface area contributed by atoms with Crippen molar-refractivity contribution in [2.75, 3.05) is 7.11 Å². The number of esters is 4. The minimum atomic E-state index is -1.34. The van der Waals surface area contributed by atoms with E-state index in [1.54, 1.807) is 26.0 Å². The Labute approximate surface area is 186 Å². The Kier molecular flexibility index (Phi) is 6.59. The van der Waals surface area contributed by atoms with E-state index in [1.807, 2.05) is 6.92 Å². The average molecular weight is 448 g/mol. The topological polar surface area (TPSA) is 118 Å². The van der Waals surface area contributed by atoms with Crippen molar-refractivity contribution in [2.45, 2.75) is 70.6 Å². The van der Waals surface area contributed by atoms with Crippen LogP contribution in [0, 0.1) is 5.92 Å². The Morgan fingerprint density at radius 2 is 1.91 bits per heavy atom. The van der Waals surface area contributed by atoms with Crippen molar-refractivity contribution in [1.82, 2.24) is 0 Å². The standard InChI is InChI=1S/C23H28O9/c1-11-8-7-9-15(21(26)28-6)18(29-14(4)24)19(31-22(27)23(5)13(3)32-23)17-12(2)20(25)30-16(17)10-11/h9-10,13,16-19H,2,7-8H2,1,3-6H3/b11-10+,15-9+/t13-,16-,17+,18+,19+,23-/m1/s1. The van der Waals surface area contributed by atoms with E-state index in [1.165, 1.54) is 14.0 Å². The van der Waals surface area contributed by atoms with Crippen molar-refractivity contribution in [2.24, 2.45) is 5.92 Å². The van der Waals surface area contributed by atoms with E-state index in [4.69, 9.17) is 23.7 Å². The highest BCUT2D eigenvalue weighted by Crippen LogP contribution is 2.41. The van der Waals surface area contributed by atoms with Gasteiger partial charge < -0.3 is 23.7 Å². The van der Waals surface area contributed by atoms with Gasteiger partial charge in [0.1, 0.15) is 6.10 Å². The zero-order valence-corrected chi connectivity index (χ0v) is 18.8. The molecular weight excluding hydrogens is 420 g/mol. The molecule has 0 aromatic rings. The van der Waals surface area contributed by atoms with Crippen molar-refractivity contribution < 1.29 is 42.9 Å². The van der Waals surface area contributed by atoms with Crippen LogP contribution in [0.1, 0.15) is 40.5 Å². The lowest BCUT2D eigenvalue weighted by molar-refractivity contribution is -0.173. The van der Waals surface area contributed by atoms with E-state index in [-0.39, 0.29) is 17.3 Å². The van der Waals surface area contributed by atoms with Crippen molar-refractivity contribution in [3.05, 3.63) is 35.5 Å². The molecule has 9 nitrogen and oxygen atoms in total. The van der Waals surface area contributed by atoms with E-state index in [2.05, 4.69) is 6.58 Å². The molecule has 0 amide bonds. The third-order valence-corrected chi connectivity index (χ3v) is 6.07. The first-order valence-electron chi connectivity index (χ1n) is 10.4. The highest BCUT2D eigenvalue weighted by molar-refractivity contribution is 5.93. The maximum absolute atomic E-state index is 13.0. The predicted molar refractivity (Wildman–Crippen MR) is 110 cm³/mol. The maximum atomic E-state index is 13.0. The van der Waals surface area contributed by atoms with Crippen LogP contribution in [0.3, 0.4) is 0 Å². The van der Waals surface area contributed by atoms with Crippen molar-refractivity contribution in [1.29, 1.82) is 0 Å². The molecule has 0 spiro atoms. The molecule has 2 heterocycles. The van der Waals surface area contributed by atoms with Gasteiger partial charge in [0.2, 0.25) is 0 Å². The van der Waals surface area contributed by atoms with E-state index >= 15 is 0 Å². The lowest BCUT2D eigenvalue weighted by atomic mass is 9.83. The number of fused-ring (bicyclic) bond motifs is 1. The number of hydrogen-bond acceptors (Lipinski definition) is 9. The van der Waals surface area contributed by atoms with Crippen molar-refractivity contribution >= 4 is 23.9 Å². The van der Waals surface area contributed by atoms with E-state index in [0.717, 1.165) is 5.57 Å². The van der Waals surface area contributed by atoms with Gasteiger partial charge in [-0.3, -0.25) is 4.79 Å². The summed E-state index contributed by atoms with van der Waals surface area (Å²) in [6.45, 7) is 10.2. The van der Waals surface area contributed by atoms with Gasteiger partial charge in [0.05, 0.1) is 24.7 Å². The summed E-state index contributed by atoms with van der Waals surface area (Å²) in [5.41, 5.74) is -0.216. The molecule has 3 aliphatic rings. The highest BCUT2D eigenvalue weighted by atomic mass is 16.7. The molecule has 3 rings (SSSR count). The molecule has 2 aliphatic heterocycles. The molecule has 2 fully saturated rings. The Morgan fingerprint density at radius 1 is 1.25 bits per heavy atom. The fourth-order valence-corrected chi connectivity index (χ4v) is 3.98. The zero-order valence-electron chi connectivity index (χ0n) is 18.8. The lowest BCUT2D eigenvalue weighted by Crippen LogP contribution is -2.47. The van der Waals surface area contributed by atoms with E-state index < -0.39 is 53.7 Å². The molecule has 6 atom stereocenters. The second kappa shape index (κ2) is 8.90. The summed E-state index contributed by atoms with van der Waals surface area (Å²) in [7, 11) is 1.20. The van der Waals surface area contributed by atoms with Gasteiger partial charge in [-0.05, 0) is 39.7 Å². The minimum absolute atomic E-state index is 0.0102. The summed E-state index contributed by atoms with van der Waals surface area (Å²) < 4.78 is 27.1. The Hall–Kier alpha value is -2.94. The second-order valence-corrected chi connectivity index (χ2v) is 8.39. The number of carbonyl (C=O) groups excluding carboxylic acids is 4. The van der Waals surface area contributed by atoms with Gasteiger partial charge in [0.15, 0.2) is 17.8 Å². The number of allylic oxidation sites excluding steroid dienone is 2. The Bertz CT molecular complexity index is 914. The number of methoxy groups -OCH3 is 1. The normalized spacial score (nSPS) is 37.6. The molecule has 0 aromatic heterocycles. The number of ether oxygens (including phenoxy) is 5. The van der Waals surface area contributed by atoms with Gasteiger partial charge in [-0.15, -0.1) is 0 Å². The SMILES string of the molecule is C=C1C(=O)O[C@@H]2/C=C(\C)CC/C=C(/C(=O)OC)[C@H](OC(C)=O)[C@@H](OC(=O)[C@]3(C)O[C@@H]3C)[C@@H]12. The summed E-state index contributed by atoms with van der Waals surface area (Å²) in [6, 6.07) is 0. The summed E-state index contributed by atoms with van der Waals surface area (Å²) in [5, 5.41) is 0. The molecule has 174 valence electrons. The van der Waals surface area contributed by atoms with Crippen LogP contribution >= 0.6 is 0 Å². The van der Waals surface area contributed by atoms with Crippen LogP contribution in [0.2, 0.25) is 0 Å². The molecular formula is C23H28O9. The molecule has 1 aliphatic carbocycles. The lowest BCUT2D eigenvalue weighted by Gasteiger charge is -2.33. The van der Waals surface area contributed by atoms with Gasteiger partial charge in [0, 0.05) is 12.5 Å². The smallest absolute Gasteiger partial charge is 0.341 e. The van der Waals surface area contributed by atoms with E-state index in [0.29, 0.717) is 12.8 Å². The van der Waals surface area contributed by atoms with Crippen LogP contribution in [0.4, 0.5) is 0 Å². The largest absolute Gasteiger partial charge is 0.466 e. The Balaban J connectivity index is 2.14. The zero-order chi connectivity index (χ0) is 23.8. The number of rotatable bonds is 4. The number of hydrogen-bond donors (Lipinski definition) is 0. The molecule has 0 radical (unpaired) electrons. The number of epoxide rings is 1. The highest BCUT2D eigenvalue weighted by Gasteiger charge is 2.59. The number of carbonyl (C=O) groups is 4. The molecule has 2 saturated heterocycles. The summed E-state index contributed by atoms with van der Waals surface area (Å²) in [5.74, 6) is -3.70. The molecule has 32 heavy (non-hydrogen) atoms. The predicted octanol–water partition coefficient (Wildman–Crippen LogP) is 1.94. The van der Waals surface area contributed by atoms with Crippen LogP contribution in [0.5, 0.6) is 0 Å². The quantitative estimate of drug-likeness (QED) is 0.209. The molecule has 0 saturated carbocycles. The van der Waals surface area contributed by atoms with Gasteiger partial charge >= 0.3 is 23.9 Å². The maximum Gasteiger partial charge on any atom is 0.341 e. The van der Waals surface area contributed by atoms with Gasteiger partial charge in [-0.25, -0.2) is 14.4 Å². The van der Waals surface area contributed by atoms with Gasteiger partial charge in [-0.2, -0.15) is 0 Å². The van der Waals surface area contributed by atoms with Crippen LogP contribution in [-0.2, 0) is 42.9 Å². The molecule has 0 N–H and O–H groups in total. The molecule has 0 bridgehead atoms. The van der Waals surface area contributed by atoms with Crippen LogP contribution in [-0.4, -0.2) is 61.0 Å². The van der Waals surface area contributed by atoms with Gasteiger partial charge in [-0.1, -0.05) is 18.2 Å². The van der Waals surface area contributed by atoms with Crippen LogP contribution in [0.15, 0.2) is 35.5 Å². The summed E-state index contributed by atoms with van der Waals surface area (Å²) in [6.07, 6.45) is 0.540. The van der Waals surface area contributed by atoms with Crippen molar-refractivity contribution in [3.8, 4) is 0 Å². The molecule has 0 unspecified atom stereocenters. The first-order chi connectivity index (χ1) is 15.0. The second-order valence-electron chi connectivity index (χ2n) is 8.39. The third-order valence-electron chi connectivity index (χ3n) is 6.07. The molecule has 9 heteroatoms. The Morgan fingerprint density at radius 3 is 2.47 bits per heavy atom. The monoisotopic (exact) mass is 448 g/mol. The summed E-state index contributed by atoms with van der Waals surface area (Å²) >= 11 is 0. The fourth-order valence-electron chi connectivity index (χ4n) is 3.98. The van der Waals surface area contributed by atoms with Crippen molar-refractivity contribution in [3.63, 3.8) is 0 Å². The van der Waals surface area contributed by atoms with Crippen LogP contribution in [0.25, 0.3) is 0 Å². The molecule has 0 aromatic carbocycles. The van der Waals surface area contributed by atoms with E-state index in [9.17, 15) is 19.2 Å². The van der Waals surface area contributed by atoms with Crippen LogP contribution < -0.4 is 0 Å². The average Bonchev–Trinajstić information content (AvgIpc) is 3.25. The minimum Gasteiger partial charge on any atom is -0.466 e. The summed E-state index contributed by atoms with van der Waals surface area (Å²) in [4.78, 5) is 50.0. The first kappa shape index (κ1) is 23.7. The third kappa shape index (κ3) is 4.48. The first-order valence-corrected chi connectivity index (χ1v) is 10.4.